The Labute approximate surface area is 122 Å². The normalized spacial score (nSPS) is 10.7. The predicted molar refractivity (Wildman–Crippen MR) is 78.2 cm³/mol. The van der Waals surface area contributed by atoms with Crippen LogP contribution in [-0.2, 0) is 4.74 Å². The molecule has 0 amide bonds. The van der Waals surface area contributed by atoms with Gasteiger partial charge in [0.15, 0.2) is 11.6 Å². The lowest BCUT2D eigenvalue weighted by atomic mass is 10.3. The van der Waals surface area contributed by atoms with E-state index < -0.39 is 0 Å². The largest absolute Gasteiger partial charge is 0.489 e. The van der Waals surface area contributed by atoms with E-state index in [0.717, 1.165) is 30.5 Å². The summed E-state index contributed by atoms with van der Waals surface area (Å²) in [5.74, 6) is -0.0681. The summed E-state index contributed by atoms with van der Waals surface area (Å²) < 4.78 is 24.9. The van der Waals surface area contributed by atoms with Crippen molar-refractivity contribution >= 4 is 15.9 Å². The first-order valence-electron chi connectivity index (χ1n) is 6.60. The predicted octanol–water partition coefficient (Wildman–Crippen LogP) is 3.37. The van der Waals surface area contributed by atoms with Crippen molar-refractivity contribution in [3.05, 3.63) is 28.5 Å². The van der Waals surface area contributed by atoms with E-state index in [9.17, 15) is 4.39 Å². The van der Waals surface area contributed by atoms with Crippen molar-refractivity contribution in [2.75, 3.05) is 32.9 Å². The molecule has 0 radical (unpaired) electrons. The maximum atomic E-state index is 13.3. The molecule has 0 heterocycles. The highest BCUT2D eigenvalue weighted by atomic mass is 79.9. The van der Waals surface area contributed by atoms with Crippen molar-refractivity contribution < 1.29 is 13.9 Å². The van der Waals surface area contributed by atoms with Gasteiger partial charge < -0.3 is 14.8 Å². The summed E-state index contributed by atoms with van der Waals surface area (Å²) in [5, 5.41) is 3.18. The van der Waals surface area contributed by atoms with Gasteiger partial charge in [0.1, 0.15) is 6.61 Å². The number of nitrogens with one attached hydrogen (secondary N) is 1. The topological polar surface area (TPSA) is 30.5 Å². The molecule has 1 aromatic carbocycles. The standard InChI is InChI=1S/C14H21BrFNO2/c1-2-3-8-18-9-6-17-7-10-19-14-11-12(15)4-5-13(14)16/h4-5,11,17H,2-3,6-10H2,1H3. The third-order valence-electron chi connectivity index (χ3n) is 2.50. The summed E-state index contributed by atoms with van der Waals surface area (Å²) in [4.78, 5) is 0. The molecule has 0 unspecified atom stereocenters. The zero-order valence-electron chi connectivity index (χ0n) is 11.3. The van der Waals surface area contributed by atoms with Gasteiger partial charge in [0.25, 0.3) is 0 Å². The molecule has 108 valence electrons. The molecule has 0 saturated heterocycles. The fraction of sp³-hybridized carbons (Fsp3) is 0.571. The van der Waals surface area contributed by atoms with E-state index in [0.29, 0.717) is 19.8 Å². The Morgan fingerprint density at radius 2 is 2.00 bits per heavy atom. The Bertz CT molecular complexity index is 363. The quantitative estimate of drug-likeness (QED) is 0.666. The molecule has 0 aliphatic heterocycles. The molecule has 3 nitrogen and oxygen atoms in total. The molecule has 0 bridgehead atoms. The van der Waals surface area contributed by atoms with Gasteiger partial charge in [0.2, 0.25) is 0 Å². The number of rotatable bonds is 10. The van der Waals surface area contributed by atoms with Crippen LogP contribution >= 0.6 is 15.9 Å². The summed E-state index contributed by atoms with van der Waals surface area (Å²) in [5.41, 5.74) is 0. The first kappa shape index (κ1) is 16.4. The van der Waals surface area contributed by atoms with E-state index >= 15 is 0 Å². The first-order valence-corrected chi connectivity index (χ1v) is 7.39. The number of hydrogen-bond donors (Lipinski definition) is 1. The third kappa shape index (κ3) is 7.50. The second-order valence-corrected chi connectivity index (χ2v) is 5.05. The SMILES string of the molecule is CCCCOCCNCCOc1cc(Br)ccc1F. The van der Waals surface area contributed by atoms with E-state index in [1.807, 2.05) is 0 Å². The summed E-state index contributed by atoms with van der Waals surface area (Å²) in [6.45, 7) is 5.54. The van der Waals surface area contributed by atoms with E-state index in [2.05, 4.69) is 28.2 Å². The van der Waals surface area contributed by atoms with Crippen LogP contribution in [0.4, 0.5) is 4.39 Å². The highest BCUT2D eigenvalue weighted by Gasteiger charge is 2.03. The number of unbranched alkanes of at least 4 members (excludes halogenated alkanes) is 1. The first-order chi connectivity index (χ1) is 9.24. The average Bonchev–Trinajstić information content (AvgIpc) is 2.40. The Balaban J connectivity index is 2.03. The Morgan fingerprint density at radius 1 is 1.21 bits per heavy atom. The molecule has 1 rings (SSSR count). The second-order valence-electron chi connectivity index (χ2n) is 4.14. The van der Waals surface area contributed by atoms with E-state index in [4.69, 9.17) is 9.47 Å². The van der Waals surface area contributed by atoms with Gasteiger partial charge in [-0.05, 0) is 24.6 Å². The van der Waals surface area contributed by atoms with Crippen molar-refractivity contribution in [1.82, 2.24) is 5.32 Å². The Hall–Kier alpha value is -0.650. The summed E-state index contributed by atoms with van der Waals surface area (Å²) in [6.07, 6.45) is 2.25. The molecule has 5 heteroatoms. The molecule has 0 aromatic heterocycles. The molecule has 1 N–H and O–H groups in total. The van der Waals surface area contributed by atoms with Crippen LogP contribution < -0.4 is 10.1 Å². The molecule has 0 saturated carbocycles. The van der Waals surface area contributed by atoms with Crippen LogP contribution in [0.2, 0.25) is 0 Å². The molecule has 0 aliphatic carbocycles. The number of ether oxygens (including phenoxy) is 2. The molecular formula is C14H21BrFNO2. The fourth-order valence-electron chi connectivity index (χ4n) is 1.44. The molecule has 0 spiro atoms. The van der Waals surface area contributed by atoms with Crippen LogP contribution in [0.25, 0.3) is 0 Å². The minimum Gasteiger partial charge on any atom is -0.489 e. The Kier molecular flexibility index (Phi) is 8.79. The van der Waals surface area contributed by atoms with E-state index in [1.165, 1.54) is 6.07 Å². The molecular weight excluding hydrogens is 313 g/mol. The zero-order chi connectivity index (χ0) is 13.9. The minimum atomic E-state index is -0.342. The zero-order valence-corrected chi connectivity index (χ0v) is 12.8. The van der Waals surface area contributed by atoms with Crippen molar-refractivity contribution in [2.24, 2.45) is 0 Å². The maximum absolute atomic E-state index is 13.3. The van der Waals surface area contributed by atoms with Crippen LogP contribution in [0.1, 0.15) is 19.8 Å². The van der Waals surface area contributed by atoms with Gasteiger partial charge in [0.05, 0.1) is 6.61 Å². The van der Waals surface area contributed by atoms with Gasteiger partial charge in [-0.3, -0.25) is 0 Å². The van der Waals surface area contributed by atoms with Crippen LogP contribution in [-0.4, -0.2) is 32.9 Å². The highest BCUT2D eigenvalue weighted by Crippen LogP contribution is 2.21. The number of benzene rings is 1. The van der Waals surface area contributed by atoms with E-state index in [1.54, 1.807) is 12.1 Å². The van der Waals surface area contributed by atoms with Gasteiger partial charge in [0, 0.05) is 24.2 Å². The monoisotopic (exact) mass is 333 g/mol. The summed E-state index contributed by atoms with van der Waals surface area (Å²) >= 11 is 3.28. The summed E-state index contributed by atoms with van der Waals surface area (Å²) in [7, 11) is 0. The van der Waals surface area contributed by atoms with Crippen molar-refractivity contribution in [3.63, 3.8) is 0 Å². The Morgan fingerprint density at radius 3 is 2.79 bits per heavy atom. The van der Waals surface area contributed by atoms with Crippen molar-refractivity contribution in [1.29, 1.82) is 0 Å². The number of halogens is 2. The van der Waals surface area contributed by atoms with Gasteiger partial charge in [-0.1, -0.05) is 29.3 Å². The van der Waals surface area contributed by atoms with Gasteiger partial charge in [-0.25, -0.2) is 4.39 Å². The minimum absolute atomic E-state index is 0.273. The van der Waals surface area contributed by atoms with Gasteiger partial charge in [-0.15, -0.1) is 0 Å². The lowest BCUT2D eigenvalue weighted by Crippen LogP contribution is -2.25. The van der Waals surface area contributed by atoms with Crippen LogP contribution in [0, 0.1) is 5.82 Å². The third-order valence-corrected chi connectivity index (χ3v) is 2.99. The lowest BCUT2D eigenvalue weighted by Gasteiger charge is -2.09. The van der Waals surface area contributed by atoms with Gasteiger partial charge in [-0.2, -0.15) is 0 Å². The molecule has 19 heavy (non-hydrogen) atoms. The smallest absolute Gasteiger partial charge is 0.165 e. The average molecular weight is 334 g/mol. The van der Waals surface area contributed by atoms with Gasteiger partial charge >= 0.3 is 0 Å². The highest BCUT2D eigenvalue weighted by molar-refractivity contribution is 9.10. The number of hydrogen-bond acceptors (Lipinski definition) is 3. The fourth-order valence-corrected chi connectivity index (χ4v) is 1.78. The molecule has 0 aliphatic rings. The van der Waals surface area contributed by atoms with Crippen molar-refractivity contribution in [3.8, 4) is 5.75 Å². The van der Waals surface area contributed by atoms with Crippen LogP contribution in [0.5, 0.6) is 5.75 Å². The second kappa shape index (κ2) is 10.2. The molecule has 0 atom stereocenters. The maximum Gasteiger partial charge on any atom is 0.165 e. The van der Waals surface area contributed by atoms with E-state index in [-0.39, 0.29) is 11.6 Å². The lowest BCUT2D eigenvalue weighted by molar-refractivity contribution is 0.132. The van der Waals surface area contributed by atoms with Crippen LogP contribution in [0.15, 0.2) is 22.7 Å². The molecule has 1 aromatic rings. The molecule has 0 fully saturated rings. The van der Waals surface area contributed by atoms with Crippen molar-refractivity contribution in [2.45, 2.75) is 19.8 Å². The van der Waals surface area contributed by atoms with Crippen LogP contribution in [0.3, 0.4) is 0 Å². The summed E-state index contributed by atoms with van der Waals surface area (Å²) in [6, 6.07) is 4.66.